The molecule has 0 fully saturated rings. The van der Waals surface area contributed by atoms with Gasteiger partial charge in [-0.2, -0.15) is 0 Å². The maximum absolute atomic E-state index is 12.3. The van der Waals surface area contributed by atoms with Gasteiger partial charge in [0.2, 0.25) is 11.8 Å². The number of carbonyl (C=O) groups excluding carboxylic acids is 1. The molecule has 0 saturated carbocycles. The molecule has 9 heteroatoms. The van der Waals surface area contributed by atoms with Crippen LogP contribution in [0.15, 0.2) is 27.0 Å². The number of rotatable bonds is 4. The number of fused-ring (bicyclic) bond motifs is 1. The second kappa shape index (κ2) is 5.92. The number of carbonyl (C=O) groups is 1. The topological polar surface area (TPSA) is 102 Å². The average Bonchev–Trinajstić information content (AvgIpc) is 3.17. The Balaban J connectivity index is 1.82. The van der Waals surface area contributed by atoms with Gasteiger partial charge in [0.15, 0.2) is 4.96 Å². The molecular weight excluding hydrogens is 318 g/mol. The zero-order valence-corrected chi connectivity index (χ0v) is 13.6. The first-order valence-corrected chi connectivity index (χ1v) is 7.94. The minimum absolute atomic E-state index is 0.0312. The first-order valence-electron chi connectivity index (χ1n) is 7.06. The molecule has 0 saturated heterocycles. The number of aromatic nitrogens is 4. The number of thiazole rings is 1. The van der Waals surface area contributed by atoms with Crippen LogP contribution in [0.5, 0.6) is 0 Å². The molecule has 0 spiro atoms. The smallest absolute Gasteiger partial charge is 0.271 e. The van der Waals surface area contributed by atoms with Crippen molar-refractivity contribution in [3.8, 4) is 0 Å². The molecule has 3 aromatic rings. The van der Waals surface area contributed by atoms with E-state index in [9.17, 15) is 9.59 Å². The highest BCUT2D eigenvalue weighted by Crippen LogP contribution is 2.17. The Bertz CT molecular complexity index is 910. The van der Waals surface area contributed by atoms with Gasteiger partial charge >= 0.3 is 0 Å². The standard InChI is InChI=1S/C14H15N5O3S/c1-7(2)11-17-18-12(22-11)8(3)16-10(20)9-6-15-14-19(13(9)21)4-5-23-14/h4-8H,1-3H3,(H,16,20). The fourth-order valence-electron chi connectivity index (χ4n) is 1.97. The number of hydrogen-bond acceptors (Lipinski definition) is 7. The average molecular weight is 333 g/mol. The van der Waals surface area contributed by atoms with E-state index in [0.717, 1.165) is 0 Å². The molecule has 0 aliphatic rings. The zero-order valence-electron chi connectivity index (χ0n) is 12.8. The molecule has 0 bridgehead atoms. The van der Waals surface area contributed by atoms with Gasteiger partial charge in [0.05, 0.1) is 0 Å². The van der Waals surface area contributed by atoms with Gasteiger partial charge in [-0.1, -0.05) is 13.8 Å². The van der Waals surface area contributed by atoms with Crippen LogP contribution in [0.3, 0.4) is 0 Å². The quantitative estimate of drug-likeness (QED) is 0.780. The van der Waals surface area contributed by atoms with E-state index in [1.165, 1.54) is 21.9 Å². The van der Waals surface area contributed by atoms with Gasteiger partial charge in [0, 0.05) is 23.7 Å². The summed E-state index contributed by atoms with van der Waals surface area (Å²) in [5.74, 6) is 0.378. The minimum Gasteiger partial charge on any atom is -0.423 e. The third kappa shape index (κ3) is 2.87. The molecule has 0 aliphatic carbocycles. The van der Waals surface area contributed by atoms with Crippen LogP contribution in [0.25, 0.3) is 4.96 Å². The van der Waals surface area contributed by atoms with Crippen LogP contribution in [-0.4, -0.2) is 25.5 Å². The van der Waals surface area contributed by atoms with Crippen LogP contribution in [-0.2, 0) is 0 Å². The molecule has 1 atom stereocenters. The summed E-state index contributed by atoms with van der Waals surface area (Å²) in [4.78, 5) is 29.2. The van der Waals surface area contributed by atoms with Crippen LogP contribution < -0.4 is 10.9 Å². The van der Waals surface area contributed by atoms with Gasteiger partial charge in [-0.05, 0) is 6.92 Å². The van der Waals surface area contributed by atoms with E-state index in [1.807, 2.05) is 13.8 Å². The number of nitrogens with one attached hydrogen (secondary N) is 1. The molecular formula is C14H15N5O3S. The van der Waals surface area contributed by atoms with Crippen molar-refractivity contribution in [2.24, 2.45) is 0 Å². The Kier molecular flexibility index (Phi) is 3.95. The number of amides is 1. The first-order chi connectivity index (χ1) is 11.0. The fourth-order valence-corrected chi connectivity index (χ4v) is 2.65. The van der Waals surface area contributed by atoms with Crippen molar-refractivity contribution in [1.82, 2.24) is 24.9 Å². The van der Waals surface area contributed by atoms with E-state index in [0.29, 0.717) is 16.7 Å². The van der Waals surface area contributed by atoms with Crippen LogP contribution in [0, 0.1) is 0 Å². The van der Waals surface area contributed by atoms with Crippen molar-refractivity contribution < 1.29 is 9.21 Å². The largest absolute Gasteiger partial charge is 0.423 e. The molecule has 23 heavy (non-hydrogen) atoms. The third-order valence-electron chi connectivity index (χ3n) is 3.26. The normalized spacial score (nSPS) is 12.7. The van der Waals surface area contributed by atoms with Gasteiger partial charge in [-0.25, -0.2) is 4.98 Å². The number of nitrogens with zero attached hydrogens (tertiary/aromatic N) is 4. The van der Waals surface area contributed by atoms with Gasteiger partial charge in [0.1, 0.15) is 11.6 Å². The summed E-state index contributed by atoms with van der Waals surface area (Å²) in [5.41, 5.74) is -0.439. The lowest BCUT2D eigenvalue weighted by molar-refractivity contribution is 0.0931. The van der Waals surface area contributed by atoms with E-state index in [-0.39, 0.29) is 11.5 Å². The second-order valence-electron chi connectivity index (χ2n) is 5.36. The number of hydrogen-bond donors (Lipinski definition) is 1. The monoisotopic (exact) mass is 333 g/mol. The Labute approximate surface area is 135 Å². The summed E-state index contributed by atoms with van der Waals surface area (Å²) in [5, 5.41) is 12.3. The van der Waals surface area contributed by atoms with Crippen LogP contribution in [0.1, 0.15) is 54.9 Å². The summed E-state index contributed by atoms with van der Waals surface area (Å²) in [6.45, 7) is 5.58. The predicted molar refractivity (Wildman–Crippen MR) is 83.6 cm³/mol. The van der Waals surface area contributed by atoms with Gasteiger partial charge < -0.3 is 9.73 Å². The van der Waals surface area contributed by atoms with E-state index in [2.05, 4.69) is 20.5 Å². The fraction of sp³-hybridized carbons (Fsp3) is 0.357. The summed E-state index contributed by atoms with van der Waals surface area (Å²) in [6.07, 6.45) is 2.87. The summed E-state index contributed by atoms with van der Waals surface area (Å²) < 4.78 is 6.84. The zero-order chi connectivity index (χ0) is 16.6. The minimum atomic E-state index is -0.528. The predicted octanol–water partition coefficient (Wildman–Crippen LogP) is 1.75. The van der Waals surface area contributed by atoms with E-state index in [1.54, 1.807) is 18.5 Å². The first kappa shape index (κ1) is 15.3. The molecule has 3 heterocycles. The van der Waals surface area contributed by atoms with Crippen molar-refractivity contribution in [2.75, 3.05) is 0 Å². The highest BCUT2D eigenvalue weighted by atomic mass is 32.1. The molecule has 1 N–H and O–H groups in total. The highest BCUT2D eigenvalue weighted by molar-refractivity contribution is 7.15. The van der Waals surface area contributed by atoms with Gasteiger partial charge in [0.25, 0.3) is 11.5 Å². The van der Waals surface area contributed by atoms with Crippen molar-refractivity contribution in [2.45, 2.75) is 32.7 Å². The lowest BCUT2D eigenvalue weighted by Gasteiger charge is -2.09. The molecule has 3 aromatic heterocycles. The van der Waals surface area contributed by atoms with Crippen molar-refractivity contribution in [3.05, 3.63) is 45.5 Å². The molecule has 3 rings (SSSR count). The van der Waals surface area contributed by atoms with Crippen LogP contribution >= 0.6 is 11.3 Å². The lowest BCUT2D eigenvalue weighted by atomic mass is 10.2. The Morgan fingerprint density at radius 3 is 2.74 bits per heavy atom. The summed E-state index contributed by atoms with van der Waals surface area (Å²) in [7, 11) is 0. The SMILES string of the molecule is CC(C)c1nnc(C(C)NC(=O)c2cnc3sccn3c2=O)o1. The van der Waals surface area contributed by atoms with E-state index >= 15 is 0 Å². The van der Waals surface area contributed by atoms with Crippen LogP contribution in [0.2, 0.25) is 0 Å². The molecule has 1 amide bonds. The molecule has 0 radical (unpaired) electrons. The van der Waals surface area contributed by atoms with Gasteiger partial charge in [-0.15, -0.1) is 21.5 Å². The Morgan fingerprint density at radius 2 is 2.04 bits per heavy atom. The van der Waals surface area contributed by atoms with Crippen molar-refractivity contribution in [1.29, 1.82) is 0 Å². The third-order valence-corrected chi connectivity index (χ3v) is 4.03. The molecule has 0 aromatic carbocycles. The molecule has 1 unspecified atom stereocenters. The van der Waals surface area contributed by atoms with E-state index < -0.39 is 17.5 Å². The van der Waals surface area contributed by atoms with Gasteiger partial charge in [-0.3, -0.25) is 14.0 Å². The second-order valence-corrected chi connectivity index (χ2v) is 6.23. The molecule has 120 valence electrons. The van der Waals surface area contributed by atoms with Crippen molar-refractivity contribution in [3.63, 3.8) is 0 Å². The van der Waals surface area contributed by atoms with Crippen molar-refractivity contribution >= 4 is 22.2 Å². The van der Waals surface area contributed by atoms with Crippen LogP contribution in [0.4, 0.5) is 0 Å². The van der Waals surface area contributed by atoms with E-state index in [4.69, 9.17) is 4.42 Å². The summed E-state index contributed by atoms with van der Waals surface area (Å²) in [6, 6.07) is -0.509. The Morgan fingerprint density at radius 1 is 1.30 bits per heavy atom. The molecule has 8 nitrogen and oxygen atoms in total. The lowest BCUT2D eigenvalue weighted by Crippen LogP contribution is -2.33. The highest BCUT2D eigenvalue weighted by Gasteiger charge is 2.20. The molecule has 0 aliphatic heterocycles. The maximum atomic E-state index is 12.3. The maximum Gasteiger partial charge on any atom is 0.271 e. The Hall–Kier alpha value is -2.55. The summed E-state index contributed by atoms with van der Waals surface area (Å²) >= 11 is 1.32.